The van der Waals surface area contributed by atoms with Crippen molar-refractivity contribution in [3.05, 3.63) is 51.2 Å². The molecule has 16 heavy (non-hydrogen) atoms. The van der Waals surface area contributed by atoms with Gasteiger partial charge in [-0.3, -0.25) is 10.1 Å². The molecule has 0 aliphatic heterocycles. The number of nitro groups is 1. The van der Waals surface area contributed by atoms with Gasteiger partial charge in [-0.25, -0.2) is 0 Å². The van der Waals surface area contributed by atoms with Crippen LogP contribution in [-0.2, 0) is 0 Å². The molecular formula is C9H5ClF3NO2. The van der Waals surface area contributed by atoms with E-state index >= 15 is 0 Å². The van der Waals surface area contributed by atoms with E-state index in [4.69, 9.17) is 11.6 Å². The van der Waals surface area contributed by atoms with Crippen molar-refractivity contribution in [1.82, 2.24) is 0 Å². The summed E-state index contributed by atoms with van der Waals surface area (Å²) in [6.45, 7) is 0. The summed E-state index contributed by atoms with van der Waals surface area (Å²) in [7, 11) is 0. The number of alkyl halides is 3. The molecule has 0 heterocycles. The van der Waals surface area contributed by atoms with Gasteiger partial charge in [-0.05, 0) is 17.7 Å². The fourth-order valence-electron chi connectivity index (χ4n) is 1.07. The molecule has 7 heteroatoms. The van der Waals surface area contributed by atoms with Gasteiger partial charge in [0, 0.05) is 5.02 Å². The number of hydrogen-bond donors (Lipinski definition) is 0. The summed E-state index contributed by atoms with van der Waals surface area (Å²) in [4.78, 5) is 8.96. The molecule has 1 rings (SSSR count). The summed E-state index contributed by atoms with van der Waals surface area (Å²) in [6, 6.07) is 4.79. The van der Waals surface area contributed by atoms with Gasteiger partial charge in [0.25, 0.3) is 0 Å². The predicted molar refractivity (Wildman–Crippen MR) is 52.5 cm³/mol. The van der Waals surface area contributed by atoms with Crippen LogP contribution in [0.25, 0.3) is 5.57 Å². The quantitative estimate of drug-likeness (QED) is 0.596. The molecule has 0 spiro atoms. The lowest BCUT2D eigenvalue weighted by Crippen LogP contribution is -2.12. The summed E-state index contributed by atoms with van der Waals surface area (Å²) in [6.07, 6.45) is -4.87. The third-order valence-corrected chi connectivity index (χ3v) is 1.91. The third kappa shape index (κ3) is 3.23. The van der Waals surface area contributed by atoms with Crippen molar-refractivity contribution in [3.63, 3.8) is 0 Å². The number of hydrogen-bond acceptors (Lipinski definition) is 2. The predicted octanol–water partition coefficient (Wildman–Crippen LogP) is 3.52. The van der Waals surface area contributed by atoms with Crippen molar-refractivity contribution in [1.29, 1.82) is 0 Å². The number of halogens is 4. The minimum absolute atomic E-state index is 0.0777. The minimum Gasteiger partial charge on any atom is -0.259 e. The van der Waals surface area contributed by atoms with Crippen molar-refractivity contribution in [2.45, 2.75) is 6.18 Å². The van der Waals surface area contributed by atoms with E-state index < -0.39 is 16.7 Å². The molecule has 1 aromatic rings. The second kappa shape index (κ2) is 4.52. The van der Waals surface area contributed by atoms with E-state index in [-0.39, 0.29) is 16.8 Å². The molecule has 0 saturated heterocycles. The van der Waals surface area contributed by atoms with Gasteiger partial charge in [-0.1, -0.05) is 23.7 Å². The lowest BCUT2D eigenvalue weighted by atomic mass is 10.1. The van der Waals surface area contributed by atoms with E-state index in [9.17, 15) is 23.3 Å². The summed E-state index contributed by atoms with van der Waals surface area (Å²) in [5.74, 6) is 0. The zero-order valence-electron chi connectivity index (χ0n) is 7.66. The Labute approximate surface area is 93.3 Å². The maximum absolute atomic E-state index is 12.5. The molecule has 86 valence electrons. The Morgan fingerprint density at radius 1 is 1.44 bits per heavy atom. The maximum Gasteiger partial charge on any atom is 0.422 e. The zero-order valence-corrected chi connectivity index (χ0v) is 8.42. The Bertz CT molecular complexity index is 443. The SMILES string of the molecule is O=[N+]([O-])/C=C(\c1cccc(Cl)c1)C(F)(F)F. The Morgan fingerprint density at radius 2 is 2.06 bits per heavy atom. The highest BCUT2D eigenvalue weighted by molar-refractivity contribution is 6.30. The van der Waals surface area contributed by atoms with Gasteiger partial charge >= 0.3 is 6.18 Å². The molecule has 0 unspecified atom stereocenters. The van der Waals surface area contributed by atoms with Gasteiger partial charge < -0.3 is 0 Å². The van der Waals surface area contributed by atoms with Crippen LogP contribution >= 0.6 is 11.6 Å². The molecule has 0 aliphatic rings. The molecular weight excluding hydrogens is 247 g/mol. The van der Waals surface area contributed by atoms with Crippen molar-refractivity contribution < 1.29 is 18.1 Å². The standard InChI is InChI=1S/C9H5ClF3NO2/c10-7-3-1-2-6(4-7)8(5-14(15)16)9(11,12)13/h1-5H/b8-5+. The third-order valence-electron chi connectivity index (χ3n) is 1.68. The first-order valence-corrected chi connectivity index (χ1v) is 4.37. The largest absolute Gasteiger partial charge is 0.422 e. The average molecular weight is 252 g/mol. The van der Waals surface area contributed by atoms with Crippen molar-refractivity contribution in [3.8, 4) is 0 Å². The van der Waals surface area contributed by atoms with E-state index in [1.54, 1.807) is 0 Å². The van der Waals surface area contributed by atoms with Crippen molar-refractivity contribution >= 4 is 17.2 Å². The van der Waals surface area contributed by atoms with Gasteiger partial charge in [0.15, 0.2) is 0 Å². The fraction of sp³-hybridized carbons (Fsp3) is 0.111. The fourth-order valence-corrected chi connectivity index (χ4v) is 1.26. The van der Waals surface area contributed by atoms with Crippen LogP contribution in [-0.4, -0.2) is 11.1 Å². The molecule has 0 fully saturated rings. The van der Waals surface area contributed by atoms with Crippen molar-refractivity contribution in [2.75, 3.05) is 0 Å². The molecule has 0 bridgehead atoms. The molecule has 1 aromatic carbocycles. The monoisotopic (exact) mass is 251 g/mol. The van der Waals surface area contributed by atoms with E-state index in [0.717, 1.165) is 12.1 Å². The zero-order chi connectivity index (χ0) is 12.3. The first-order chi connectivity index (χ1) is 7.30. The molecule has 0 saturated carbocycles. The highest BCUT2D eigenvalue weighted by Crippen LogP contribution is 2.34. The van der Waals surface area contributed by atoms with Gasteiger partial charge in [0.1, 0.15) is 5.57 Å². The van der Waals surface area contributed by atoms with Crippen LogP contribution in [0.5, 0.6) is 0 Å². The Kier molecular flexibility index (Phi) is 3.54. The highest BCUT2D eigenvalue weighted by Gasteiger charge is 2.37. The average Bonchev–Trinajstić information content (AvgIpc) is 2.12. The first-order valence-electron chi connectivity index (χ1n) is 3.99. The second-order valence-corrected chi connectivity index (χ2v) is 3.27. The van der Waals surface area contributed by atoms with E-state index in [0.29, 0.717) is 0 Å². The van der Waals surface area contributed by atoms with Crippen LogP contribution in [0.1, 0.15) is 5.56 Å². The number of nitrogens with zero attached hydrogens (tertiary/aromatic N) is 1. The Hall–Kier alpha value is -1.56. The van der Waals surface area contributed by atoms with E-state index in [1.807, 2.05) is 0 Å². The Morgan fingerprint density at radius 3 is 2.50 bits per heavy atom. The second-order valence-electron chi connectivity index (χ2n) is 2.84. The van der Waals surface area contributed by atoms with Gasteiger partial charge in [0.2, 0.25) is 6.20 Å². The summed E-state index contributed by atoms with van der Waals surface area (Å²) >= 11 is 5.51. The topological polar surface area (TPSA) is 43.1 Å². The van der Waals surface area contributed by atoms with Gasteiger partial charge in [-0.15, -0.1) is 0 Å². The molecule has 0 atom stereocenters. The van der Waals surface area contributed by atoms with Crippen molar-refractivity contribution in [2.24, 2.45) is 0 Å². The Balaban J connectivity index is 3.28. The number of allylic oxidation sites excluding steroid dienone is 1. The summed E-state index contributed by atoms with van der Waals surface area (Å²) < 4.78 is 37.4. The van der Waals surface area contributed by atoms with Crippen LogP contribution in [0.3, 0.4) is 0 Å². The lowest BCUT2D eigenvalue weighted by Gasteiger charge is -2.09. The molecule has 0 radical (unpaired) electrons. The maximum atomic E-state index is 12.5. The van der Waals surface area contributed by atoms with Crippen LogP contribution < -0.4 is 0 Å². The molecule has 0 N–H and O–H groups in total. The smallest absolute Gasteiger partial charge is 0.259 e. The number of benzene rings is 1. The first kappa shape index (κ1) is 12.5. The van der Waals surface area contributed by atoms with E-state index in [2.05, 4.69) is 0 Å². The van der Waals surface area contributed by atoms with Gasteiger partial charge in [0.05, 0.1) is 4.92 Å². The van der Waals surface area contributed by atoms with Crippen LogP contribution in [0, 0.1) is 10.1 Å². The van der Waals surface area contributed by atoms with Gasteiger partial charge in [-0.2, -0.15) is 13.2 Å². The van der Waals surface area contributed by atoms with Crippen LogP contribution in [0.15, 0.2) is 30.5 Å². The normalized spacial score (nSPS) is 12.6. The molecule has 3 nitrogen and oxygen atoms in total. The van der Waals surface area contributed by atoms with Crippen LogP contribution in [0.2, 0.25) is 5.02 Å². The number of rotatable bonds is 2. The molecule has 0 amide bonds. The highest BCUT2D eigenvalue weighted by atomic mass is 35.5. The van der Waals surface area contributed by atoms with E-state index in [1.165, 1.54) is 12.1 Å². The van der Waals surface area contributed by atoms with Crippen LogP contribution in [0.4, 0.5) is 13.2 Å². The molecule has 0 aliphatic carbocycles. The molecule has 0 aromatic heterocycles. The minimum atomic E-state index is -4.79. The summed E-state index contributed by atoms with van der Waals surface area (Å²) in [5.41, 5.74) is -1.67. The lowest BCUT2D eigenvalue weighted by molar-refractivity contribution is -0.402. The summed E-state index contributed by atoms with van der Waals surface area (Å²) in [5, 5.41) is 10.2.